The lowest BCUT2D eigenvalue weighted by atomic mass is 10.00. The quantitative estimate of drug-likeness (QED) is 0.544. The van der Waals surface area contributed by atoms with Gasteiger partial charge in [-0.3, -0.25) is 0 Å². The van der Waals surface area contributed by atoms with Crippen molar-refractivity contribution in [3.63, 3.8) is 0 Å². The second kappa shape index (κ2) is 10.7. The Morgan fingerprint density at radius 3 is 1.73 bits per heavy atom. The SMILES string of the molecule is C[C@@H]1O[C@@H](Sc2ccccc2)[C@H](OC(=O)c2ccccc2)[C@H](O)[C@H]1OC(=O)c1ccccc1. The number of hydrogen-bond donors (Lipinski definition) is 1. The third kappa shape index (κ3) is 5.63. The van der Waals surface area contributed by atoms with Crippen LogP contribution < -0.4 is 0 Å². The Hall–Kier alpha value is -3.13. The van der Waals surface area contributed by atoms with Crippen molar-refractivity contribution in [3.05, 3.63) is 102 Å². The highest BCUT2D eigenvalue weighted by Crippen LogP contribution is 2.36. The van der Waals surface area contributed by atoms with Crippen molar-refractivity contribution in [2.75, 3.05) is 0 Å². The topological polar surface area (TPSA) is 82.1 Å². The summed E-state index contributed by atoms with van der Waals surface area (Å²) in [6.45, 7) is 1.72. The highest BCUT2D eigenvalue weighted by atomic mass is 32.2. The summed E-state index contributed by atoms with van der Waals surface area (Å²) in [4.78, 5) is 26.3. The van der Waals surface area contributed by atoms with E-state index >= 15 is 0 Å². The summed E-state index contributed by atoms with van der Waals surface area (Å²) in [7, 11) is 0. The number of esters is 2. The van der Waals surface area contributed by atoms with E-state index in [1.807, 2.05) is 30.3 Å². The van der Waals surface area contributed by atoms with Crippen LogP contribution in [-0.4, -0.2) is 46.9 Å². The molecule has 7 heteroatoms. The van der Waals surface area contributed by atoms with Gasteiger partial charge in [0.1, 0.15) is 11.5 Å². The fourth-order valence-electron chi connectivity index (χ4n) is 3.54. The first-order chi connectivity index (χ1) is 16.0. The summed E-state index contributed by atoms with van der Waals surface area (Å²) in [6, 6.07) is 26.5. The molecule has 5 atom stereocenters. The second-order valence-electron chi connectivity index (χ2n) is 7.60. The zero-order chi connectivity index (χ0) is 23.2. The molecule has 0 aromatic heterocycles. The number of thioether (sulfide) groups is 1. The second-order valence-corrected chi connectivity index (χ2v) is 8.77. The van der Waals surface area contributed by atoms with Crippen LogP contribution in [0.3, 0.4) is 0 Å². The van der Waals surface area contributed by atoms with Crippen molar-refractivity contribution in [2.45, 2.75) is 41.7 Å². The van der Waals surface area contributed by atoms with Gasteiger partial charge in [0.2, 0.25) is 0 Å². The lowest BCUT2D eigenvalue weighted by Gasteiger charge is -2.42. The summed E-state index contributed by atoms with van der Waals surface area (Å²) in [5, 5.41) is 11.2. The number of benzene rings is 3. The van der Waals surface area contributed by atoms with Gasteiger partial charge < -0.3 is 19.3 Å². The molecule has 170 valence electrons. The molecule has 1 saturated heterocycles. The average molecular weight is 465 g/mol. The van der Waals surface area contributed by atoms with Crippen LogP contribution in [0, 0.1) is 0 Å². The molecule has 1 aliphatic heterocycles. The van der Waals surface area contributed by atoms with Gasteiger partial charge in [0.15, 0.2) is 12.2 Å². The van der Waals surface area contributed by atoms with E-state index < -0.39 is 41.8 Å². The van der Waals surface area contributed by atoms with E-state index in [1.165, 1.54) is 11.8 Å². The first-order valence-electron chi connectivity index (χ1n) is 10.6. The van der Waals surface area contributed by atoms with Crippen LogP contribution in [-0.2, 0) is 14.2 Å². The summed E-state index contributed by atoms with van der Waals surface area (Å²) < 4.78 is 17.4. The predicted octanol–water partition coefficient (Wildman–Crippen LogP) is 4.34. The molecule has 1 heterocycles. The molecule has 3 aromatic carbocycles. The van der Waals surface area contributed by atoms with Crippen molar-refractivity contribution in [2.24, 2.45) is 0 Å². The lowest BCUT2D eigenvalue weighted by Crippen LogP contribution is -2.58. The number of rotatable bonds is 6. The van der Waals surface area contributed by atoms with E-state index in [1.54, 1.807) is 67.6 Å². The Morgan fingerprint density at radius 2 is 1.21 bits per heavy atom. The molecule has 3 aromatic rings. The highest BCUT2D eigenvalue weighted by molar-refractivity contribution is 7.99. The van der Waals surface area contributed by atoms with Gasteiger partial charge in [0, 0.05) is 4.90 Å². The highest BCUT2D eigenvalue weighted by Gasteiger charge is 2.48. The van der Waals surface area contributed by atoms with Crippen molar-refractivity contribution in [3.8, 4) is 0 Å². The summed E-state index contributed by atoms with van der Waals surface area (Å²) >= 11 is 1.33. The van der Waals surface area contributed by atoms with Gasteiger partial charge in [0.05, 0.1) is 17.2 Å². The van der Waals surface area contributed by atoms with Gasteiger partial charge in [-0.25, -0.2) is 9.59 Å². The molecule has 4 rings (SSSR count). The standard InChI is InChI=1S/C26H24O6S/c1-17-22(31-24(28)18-11-5-2-6-12-18)21(27)23(32-25(29)19-13-7-3-8-14-19)26(30-17)33-20-15-9-4-10-16-20/h2-17,21-23,26-27H,1H3/t17-,21+,22-,23+,26-/m0/s1. The fraction of sp³-hybridized carbons (Fsp3) is 0.231. The van der Waals surface area contributed by atoms with Crippen LogP contribution in [0.1, 0.15) is 27.6 Å². The van der Waals surface area contributed by atoms with Crippen LogP contribution in [0.2, 0.25) is 0 Å². The number of carbonyl (C=O) groups excluding carboxylic acids is 2. The third-order valence-electron chi connectivity index (χ3n) is 5.25. The van der Waals surface area contributed by atoms with Gasteiger partial charge in [-0.2, -0.15) is 0 Å². The van der Waals surface area contributed by atoms with Gasteiger partial charge in [-0.1, -0.05) is 66.4 Å². The molecule has 1 fully saturated rings. The van der Waals surface area contributed by atoms with Gasteiger partial charge in [0.25, 0.3) is 0 Å². The molecule has 0 aliphatic carbocycles. The minimum Gasteiger partial charge on any atom is -0.453 e. The third-order valence-corrected chi connectivity index (χ3v) is 6.41. The Kier molecular flexibility index (Phi) is 7.44. The molecule has 33 heavy (non-hydrogen) atoms. The summed E-state index contributed by atoms with van der Waals surface area (Å²) in [6.07, 6.45) is -3.98. The van der Waals surface area contributed by atoms with Crippen LogP contribution in [0.5, 0.6) is 0 Å². The largest absolute Gasteiger partial charge is 0.453 e. The van der Waals surface area contributed by atoms with E-state index in [0.29, 0.717) is 11.1 Å². The Labute approximate surface area is 196 Å². The number of aliphatic hydroxyl groups is 1. The molecule has 6 nitrogen and oxygen atoms in total. The van der Waals surface area contributed by atoms with Crippen LogP contribution >= 0.6 is 11.8 Å². The Morgan fingerprint density at radius 1 is 0.758 bits per heavy atom. The molecule has 0 radical (unpaired) electrons. The van der Waals surface area contributed by atoms with Crippen molar-refractivity contribution in [1.29, 1.82) is 0 Å². The zero-order valence-electron chi connectivity index (χ0n) is 17.9. The molecule has 0 amide bonds. The van der Waals surface area contributed by atoms with E-state index in [2.05, 4.69) is 0 Å². The van der Waals surface area contributed by atoms with Gasteiger partial charge >= 0.3 is 11.9 Å². The first kappa shape index (κ1) is 23.0. The summed E-state index contributed by atoms with van der Waals surface area (Å²) in [5.74, 6) is -1.18. The fourth-order valence-corrected chi connectivity index (χ4v) is 4.71. The smallest absolute Gasteiger partial charge is 0.338 e. The minimum absolute atomic E-state index is 0.351. The van der Waals surface area contributed by atoms with Gasteiger partial charge in [-0.15, -0.1) is 0 Å². The monoisotopic (exact) mass is 464 g/mol. The Bertz CT molecular complexity index is 1060. The molecule has 0 unspecified atom stereocenters. The van der Waals surface area contributed by atoms with E-state index in [0.717, 1.165) is 4.90 Å². The number of hydrogen-bond acceptors (Lipinski definition) is 7. The number of carbonyl (C=O) groups is 2. The average Bonchev–Trinajstić information content (AvgIpc) is 2.85. The van der Waals surface area contributed by atoms with Crippen molar-refractivity contribution in [1.82, 2.24) is 0 Å². The zero-order valence-corrected chi connectivity index (χ0v) is 18.8. The van der Waals surface area contributed by atoms with E-state index in [4.69, 9.17) is 14.2 Å². The van der Waals surface area contributed by atoms with Crippen molar-refractivity contribution >= 4 is 23.7 Å². The maximum Gasteiger partial charge on any atom is 0.338 e. The molecular weight excluding hydrogens is 440 g/mol. The maximum atomic E-state index is 12.8. The first-order valence-corrected chi connectivity index (χ1v) is 11.5. The Balaban J connectivity index is 1.56. The molecule has 0 saturated carbocycles. The van der Waals surface area contributed by atoms with E-state index in [9.17, 15) is 14.7 Å². The maximum absolute atomic E-state index is 12.8. The molecular formula is C26H24O6S. The van der Waals surface area contributed by atoms with Crippen LogP contribution in [0.25, 0.3) is 0 Å². The number of aliphatic hydroxyl groups excluding tert-OH is 1. The predicted molar refractivity (Wildman–Crippen MR) is 124 cm³/mol. The molecule has 0 spiro atoms. The van der Waals surface area contributed by atoms with Gasteiger partial charge in [-0.05, 0) is 43.3 Å². The molecule has 0 bridgehead atoms. The van der Waals surface area contributed by atoms with Crippen LogP contribution in [0.4, 0.5) is 0 Å². The minimum atomic E-state index is -1.28. The van der Waals surface area contributed by atoms with Crippen LogP contribution in [0.15, 0.2) is 95.9 Å². The van der Waals surface area contributed by atoms with E-state index in [-0.39, 0.29) is 0 Å². The van der Waals surface area contributed by atoms with Crippen molar-refractivity contribution < 1.29 is 28.9 Å². The lowest BCUT2D eigenvalue weighted by molar-refractivity contribution is -0.194. The normalized spacial score (nSPS) is 24.6. The molecule has 1 N–H and O–H groups in total. The molecule has 1 aliphatic rings. The summed E-state index contributed by atoms with van der Waals surface area (Å²) in [5.41, 5.74) is 0.0110. The number of ether oxygens (including phenoxy) is 3.